The highest BCUT2D eigenvalue weighted by molar-refractivity contribution is 6.05. The summed E-state index contributed by atoms with van der Waals surface area (Å²) < 4.78 is 5.05. The van der Waals surface area contributed by atoms with E-state index in [1.807, 2.05) is 31.2 Å². The highest BCUT2D eigenvalue weighted by Gasteiger charge is 2.72. The van der Waals surface area contributed by atoms with Crippen LogP contribution in [-0.4, -0.2) is 23.4 Å². The monoisotopic (exact) mass is 311 g/mol. The number of carbonyl (C=O) groups excluding carboxylic acids is 1. The number of Topliss-reactive ketones (excluding diaryl/α,β-unsaturated/α-hetero) is 1. The van der Waals surface area contributed by atoms with E-state index < -0.39 is 16.2 Å². The van der Waals surface area contributed by atoms with Crippen LogP contribution in [0.5, 0.6) is 5.75 Å². The van der Waals surface area contributed by atoms with Gasteiger partial charge in [0.2, 0.25) is 5.78 Å². The molecule has 1 aliphatic rings. The maximum absolute atomic E-state index is 12.7. The summed E-state index contributed by atoms with van der Waals surface area (Å²) in [6.45, 7) is 1.96. The number of hydrogen-bond acceptors (Lipinski definition) is 4. The highest BCUT2D eigenvalue weighted by atomic mass is 16.6. The maximum atomic E-state index is 12.7. The van der Waals surface area contributed by atoms with Gasteiger partial charge in [-0.3, -0.25) is 14.9 Å². The molecule has 5 nitrogen and oxygen atoms in total. The summed E-state index contributed by atoms with van der Waals surface area (Å²) >= 11 is 0. The first-order chi connectivity index (χ1) is 11.0. The summed E-state index contributed by atoms with van der Waals surface area (Å²) in [6.07, 6.45) is 0.244. The standard InChI is InChI=1S/C18H17NO4/c1-12-3-5-13(6-4-12)16-11-18(16,19(21)22)17(20)14-7-9-15(23-2)10-8-14/h3-10,16H,11H2,1-2H3/t16-,18-/m0/s1. The van der Waals surface area contributed by atoms with Crippen molar-refractivity contribution in [2.45, 2.75) is 24.8 Å². The quantitative estimate of drug-likeness (QED) is 0.482. The van der Waals surface area contributed by atoms with Crippen LogP contribution in [0.4, 0.5) is 0 Å². The molecule has 0 aliphatic heterocycles. The summed E-state index contributed by atoms with van der Waals surface area (Å²) in [4.78, 5) is 23.9. The number of aryl methyl sites for hydroxylation is 1. The molecule has 1 fully saturated rings. The normalized spacial score (nSPS) is 22.4. The van der Waals surface area contributed by atoms with E-state index >= 15 is 0 Å². The molecule has 5 heteroatoms. The lowest BCUT2D eigenvalue weighted by molar-refractivity contribution is -0.521. The SMILES string of the molecule is COc1ccc(C(=O)[C@]2([N+](=O)[O-])C[C@H]2c2ccc(C)cc2)cc1. The summed E-state index contributed by atoms with van der Waals surface area (Å²) in [6, 6.07) is 14.0. The second-order valence-electron chi connectivity index (χ2n) is 5.91. The fraction of sp³-hybridized carbons (Fsp3) is 0.278. The van der Waals surface area contributed by atoms with Gasteiger partial charge in [0.05, 0.1) is 13.0 Å². The number of nitrogens with zero attached hydrogens (tertiary/aromatic N) is 1. The lowest BCUT2D eigenvalue weighted by Gasteiger charge is -2.10. The van der Waals surface area contributed by atoms with Crippen LogP contribution in [0.1, 0.15) is 33.8 Å². The van der Waals surface area contributed by atoms with E-state index in [0.717, 1.165) is 11.1 Å². The molecule has 0 spiro atoms. The first-order valence-electron chi connectivity index (χ1n) is 7.39. The Morgan fingerprint density at radius 2 is 1.78 bits per heavy atom. The van der Waals surface area contributed by atoms with Crippen LogP contribution in [0.2, 0.25) is 0 Å². The van der Waals surface area contributed by atoms with E-state index in [1.165, 1.54) is 7.11 Å². The molecule has 0 radical (unpaired) electrons. The van der Waals surface area contributed by atoms with Crippen LogP contribution in [0.3, 0.4) is 0 Å². The van der Waals surface area contributed by atoms with Gasteiger partial charge in [-0.15, -0.1) is 0 Å². The number of methoxy groups -OCH3 is 1. The van der Waals surface area contributed by atoms with E-state index in [-0.39, 0.29) is 12.3 Å². The third-order valence-corrected chi connectivity index (χ3v) is 4.48. The average molecular weight is 311 g/mol. The Morgan fingerprint density at radius 1 is 1.17 bits per heavy atom. The van der Waals surface area contributed by atoms with Gasteiger partial charge in [-0.2, -0.15) is 0 Å². The van der Waals surface area contributed by atoms with E-state index in [0.29, 0.717) is 11.3 Å². The fourth-order valence-electron chi connectivity index (χ4n) is 2.97. The minimum atomic E-state index is -1.54. The molecule has 0 unspecified atom stereocenters. The van der Waals surface area contributed by atoms with Gasteiger partial charge in [0.1, 0.15) is 5.75 Å². The molecule has 0 bridgehead atoms. The summed E-state index contributed by atoms with van der Waals surface area (Å²) in [7, 11) is 1.53. The van der Waals surface area contributed by atoms with Gasteiger partial charge in [-0.25, -0.2) is 0 Å². The Hall–Kier alpha value is -2.69. The molecule has 2 aromatic rings. The van der Waals surface area contributed by atoms with E-state index in [2.05, 4.69) is 0 Å². The van der Waals surface area contributed by atoms with Crippen molar-refractivity contribution in [1.29, 1.82) is 0 Å². The molecule has 1 saturated carbocycles. The summed E-state index contributed by atoms with van der Waals surface area (Å²) in [5.74, 6) is -0.189. The van der Waals surface area contributed by atoms with Crippen molar-refractivity contribution < 1.29 is 14.5 Å². The molecule has 23 heavy (non-hydrogen) atoms. The topological polar surface area (TPSA) is 69.4 Å². The highest BCUT2D eigenvalue weighted by Crippen LogP contribution is 2.55. The molecule has 0 aromatic heterocycles. The Kier molecular flexibility index (Phi) is 3.64. The zero-order chi connectivity index (χ0) is 16.6. The van der Waals surface area contributed by atoms with E-state index in [1.54, 1.807) is 24.3 Å². The molecule has 2 aromatic carbocycles. The average Bonchev–Trinajstić information content (AvgIpc) is 3.32. The summed E-state index contributed by atoms with van der Waals surface area (Å²) in [5, 5.41) is 11.6. The van der Waals surface area contributed by atoms with Crippen LogP contribution in [0, 0.1) is 17.0 Å². The van der Waals surface area contributed by atoms with Crippen molar-refractivity contribution in [3.8, 4) is 5.75 Å². The molecule has 0 N–H and O–H groups in total. The minimum Gasteiger partial charge on any atom is -0.497 e. The second kappa shape index (κ2) is 5.50. The molecule has 3 rings (SSSR count). The Bertz CT molecular complexity index is 752. The Labute approximate surface area is 134 Å². The van der Waals surface area contributed by atoms with Crippen molar-refractivity contribution in [1.82, 2.24) is 0 Å². The number of ketones is 1. The molecule has 0 saturated heterocycles. The van der Waals surface area contributed by atoms with Crippen LogP contribution in [0.15, 0.2) is 48.5 Å². The first kappa shape index (κ1) is 15.2. The maximum Gasteiger partial charge on any atom is 0.291 e. The van der Waals surface area contributed by atoms with Crippen LogP contribution >= 0.6 is 0 Å². The minimum absolute atomic E-state index is 0.244. The summed E-state index contributed by atoms with van der Waals surface area (Å²) in [5.41, 5.74) is 0.734. The van der Waals surface area contributed by atoms with Crippen molar-refractivity contribution in [2.24, 2.45) is 0 Å². The lowest BCUT2D eigenvalue weighted by Crippen LogP contribution is -2.34. The van der Waals surface area contributed by atoms with Gasteiger partial charge in [-0.05, 0) is 36.8 Å². The van der Waals surface area contributed by atoms with Gasteiger partial charge >= 0.3 is 0 Å². The van der Waals surface area contributed by atoms with E-state index in [4.69, 9.17) is 4.74 Å². The van der Waals surface area contributed by atoms with Crippen molar-refractivity contribution in [3.63, 3.8) is 0 Å². The fourth-order valence-corrected chi connectivity index (χ4v) is 2.97. The van der Waals surface area contributed by atoms with Crippen LogP contribution in [-0.2, 0) is 0 Å². The number of rotatable bonds is 5. The lowest BCUT2D eigenvalue weighted by atomic mass is 9.97. The molecule has 2 atom stereocenters. The predicted molar refractivity (Wildman–Crippen MR) is 85.6 cm³/mol. The Balaban J connectivity index is 1.92. The van der Waals surface area contributed by atoms with Gasteiger partial charge in [-0.1, -0.05) is 29.8 Å². The number of hydrogen-bond donors (Lipinski definition) is 0. The number of benzene rings is 2. The molecule has 0 heterocycles. The Morgan fingerprint density at radius 3 is 2.30 bits per heavy atom. The van der Waals surface area contributed by atoms with Crippen LogP contribution in [0.25, 0.3) is 0 Å². The molecular weight excluding hydrogens is 294 g/mol. The zero-order valence-corrected chi connectivity index (χ0v) is 13.0. The van der Waals surface area contributed by atoms with Crippen molar-refractivity contribution >= 4 is 5.78 Å². The molecular formula is C18H17NO4. The van der Waals surface area contributed by atoms with Gasteiger partial charge < -0.3 is 4.74 Å². The van der Waals surface area contributed by atoms with Gasteiger partial charge in [0.25, 0.3) is 5.54 Å². The first-order valence-corrected chi connectivity index (χ1v) is 7.39. The van der Waals surface area contributed by atoms with Crippen molar-refractivity contribution in [2.75, 3.05) is 7.11 Å². The largest absolute Gasteiger partial charge is 0.497 e. The van der Waals surface area contributed by atoms with Gasteiger partial charge in [0, 0.05) is 16.9 Å². The molecule has 1 aliphatic carbocycles. The van der Waals surface area contributed by atoms with Gasteiger partial charge in [0.15, 0.2) is 0 Å². The van der Waals surface area contributed by atoms with E-state index in [9.17, 15) is 14.9 Å². The predicted octanol–water partition coefficient (Wildman–Crippen LogP) is 3.39. The smallest absolute Gasteiger partial charge is 0.291 e. The zero-order valence-electron chi connectivity index (χ0n) is 13.0. The molecule has 0 amide bonds. The second-order valence-corrected chi connectivity index (χ2v) is 5.91. The molecule has 118 valence electrons. The number of nitro groups is 1. The number of carbonyl (C=O) groups is 1. The van der Waals surface area contributed by atoms with Crippen LogP contribution < -0.4 is 4.74 Å². The van der Waals surface area contributed by atoms with Crippen molar-refractivity contribution in [3.05, 3.63) is 75.3 Å². The third kappa shape index (κ3) is 2.48. The third-order valence-electron chi connectivity index (χ3n) is 4.48. The number of ether oxygens (including phenoxy) is 1.